The topological polar surface area (TPSA) is 46.3 Å². The summed E-state index contributed by atoms with van der Waals surface area (Å²) in [6.45, 7) is 4.99. The molecule has 1 fully saturated rings. The van der Waals surface area contributed by atoms with Crippen LogP contribution in [0.1, 0.15) is 30.6 Å². The van der Waals surface area contributed by atoms with Gasteiger partial charge in [-0.1, -0.05) is 13.8 Å². The van der Waals surface area contributed by atoms with E-state index in [1.807, 2.05) is 13.8 Å². The van der Waals surface area contributed by atoms with Crippen molar-refractivity contribution in [3.63, 3.8) is 0 Å². The SMILES string of the molecule is CC1(C)CN(C(=O)c2cc(F)cc(F)c2)CCC1N.Cl. The van der Waals surface area contributed by atoms with Crippen LogP contribution in [0.3, 0.4) is 0 Å². The first kappa shape index (κ1) is 16.9. The predicted octanol–water partition coefficient (Wildman–Crippen LogP) is 2.59. The number of carbonyl (C=O) groups is 1. The fourth-order valence-electron chi connectivity index (χ4n) is 2.41. The minimum absolute atomic E-state index is 0. The molecule has 1 atom stereocenters. The Morgan fingerprint density at radius 1 is 1.30 bits per heavy atom. The Kier molecular flexibility index (Phi) is 5.10. The van der Waals surface area contributed by atoms with E-state index >= 15 is 0 Å². The van der Waals surface area contributed by atoms with E-state index in [1.54, 1.807) is 4.90 Å². The largest absolute Gasteiger partial charge is 0.338 e. The minimum Gasteiger partial charge on any atom is -0.338 e. The number of amides is 1. The number of hydrogen-bond donors (Lipinski definition) is 1. The standard InChI is InChI=1S/C14H18F2N2O.ClH/c1-14(2)8-18(4-3-12(14)17)13(19)9-5-10(15)7-11(16)6-9;/h5-7,12H,3-4,8,17H2,1-2H3;1H. The van der Waals surface area contributed by atoms with Gasteiger partial charge in [0.25, 0.3) is 5.91 Å². The van der Waals surface area contributed by atoms with Gasteiger partial charge in [0.05, 0.1) is 0 Å². The van der Waals surface area contributed by atoms with Gasteiger partial charge in [-0.3, -0.25) is 4.79 Å². The first-order valence-electron chi connectivity index (χ1n) is 6.30. The molecule has 0 radical (unpaired) electrons. The Balaban J connectivity index is 0.00000200. The van der Waals surface area contributed by atoms with E-state index < -0.39 is 11.6 Å². The number of likely N-dealkylation sites (tertiary alicyclic amines) is 1. The Labute approximate surface area is 123 Å². The summed E-state index contributed by atoms with van der Waals surface area (Å²) in [5.41, 5.74) is 5.85. The molecule has 1 heterocycles. The van der Waals surface area contributed by atoms with Crippen molar-refractivity contribution in [3.8, 4) is 0 Å². The molecule has 2 rings (SSSR count). The van der Waals surface area contributed by atoms with Crippen molar-refractivity contribution in [3.05, 3.63) is 35.4 Å². The first-order chi connectivity index (χ1) is 8.79. The van der Waals surface area contributed by atoms with Crippen LogP contribution in [-0.4, -0.2) is 29.9 Å². The highest BCUT2D eigenvalue weighted by atomic mass is 35.5. The average molecular weight is 305 g/mol. The van der Waals surface area contributed by atoms with Crippen molar-refractivity contribution >= 4 is 18.3 Å². The lowest BCUT2D eigenvalue weighted by Crippen LogP contribution is -2.54. The Morgan fingerprint density at radius 2 is 1.85 bits per heavy atom. The number of nitrogens with zero attached hydrogens (tertiary/aromatic N) is 1. The molecule has 1 aromatic rings. The fourth-order valence-corrected chi connectivity index (χ4v) is 2.41. The van der Waals surface area contributed by atoms with Crippen LogP contribution in [0.2, 0.25) is 0 Å². The lowest BCUT2D eigenvalue weighted by molar-refractivity contribution is 0.0532. The van der Waals surface area contributed by atoms with E-state index in [-0.39, 0.29) is 35.3 Å². The first-order valence-corrected chi connectivity index (χ1v) is 6.30. The number of carbonyl (C=O) groups excluding carboxylic acids is 1. The number of halogens is 3. The van der Waals surface area contributed by atoms with Crippen LogP contribution < -0.4 is 5.73 Å². The molecule has 112 valence electrons. The highest BCUT2D eigenvalue weighted by Gasteiger charge is 2.35. The lowest BCUT2D eigenvalue weighted by Gasteiger charge is -2.42. The third-order valence-corrected chi connectivity index (χ3v) is 3.71. The molecule has 6 heteroatoms. The van der Waals surface area contributed by atoms with Crippen LogP contribution in [0.15, 0.2) is 18.2 Å². The van der Waals surface area contributed by atoms with Gasteiger partial charge in [0, 0.05) is 30.8 Å². The van der Waals surface area contributed by atoms with Crippen molar-refractivity contribution < 1.29 is 13.6 Å². The lowest BCUT2D eigenvalue weighted by atomic mass is 9.79. The second kappa shape index (κ2) is 6.06. The molecule has 1 aliphatic rings. The third kappa shape index (κ3) is 3.46. The maximum absolute atomic E-state index is 13.1. The molecule has 20 heavy (non-hydrogen) atoms. The summed E-state index contributed by atoms with van der Waals surface area (Å²) >= 11 is 0. The smallest absolute Gasteiger partial charge is 0.254 e. The van der Waals surface area contributed by atoms with Gasteiger partial charge in [-0.15, -0.1) is 12.4 Å². The van der Waals surface area contributed by atoms with Crippen LogP contribution in [0, 0.1) is 17.0 Å². The fraction of sp³-hybridized carbons (Fsp3) is 0.500. The van der Waals surface area contributed by atoms with Gasteiger partial charge < -0.3 is 10.6 Å². The monoisotopic (exact) mass is 304 g/mol. The second-order valence-electron chi connectivity index (χ2n) is 5.77. The van der Waals surface area contributed by atoms with Gasteiger partial charge in [0.15, 0.2) is 0 Å². The maximum Gasteiger partial charge on any atom is 0.254 e. The highest BCUT2D eigenvalue weighted by Crippen LogP contribution is 2.28. The summed E-state index contributed by atoms with van der Waals surface area (Å²) in [7, 11) is 0. The van der Waals surface area contributed by atoms with Gasteiger partial charge in [-0.25, -0.2) is 8.78 Å². The molecule has 1 aromatic carbocycles. The zero-order chi connectivity index (χ0) is 14.2. The van der Waals surface area contributed by atoms with Crippen LogP contribution in [0.4, 0.5) is 8.78 Å². The Morgan fingerprint density at radius 3 is 2.35 bits per heavy atom. The minimum atomic E-state index is -0.740. The van der Waals surface area contributed by atoms with Gasteiger partial charge in [0.1, 0.15) is 11.6 Å². The number of nitrogens with two attached hydrogens (primary N) is 1. The molecule has 3 nitrogen and oxygen atoms in total. The van der Waals surface area contributed by atoms with Gasteiger partial charge in [0.2, 0.25) is 0 Å². The maximum atomic E-state index is 13.1. The molecule has 0 aromatic heterocycles. The quantitative estimate of drug-likeness (QED) is 0.867. The van der Waals surface area contributed by atoms with E-state index in [9.17, 15) is 13.6 Å². The van der Waals surface area contributed by atoms with Crippen LogP contribution in [-0.2, 0) is 0 Å². The second-order valence-corrected chi connectivity index (χ2v) is 5.77. The zero-order valence-corrected chi connectivity index (χ0v) is 12.3. The van der Waals surface area contributed by atoms with Crippen molar-refractivity contribution in [1.29, 1.82) is 0 Å². The summed E-state index contributed by atoms with van der Waals surface area (Å²) in [5.74, 6) is -1.83. The summed E-state index contributed by atoms with van der Waals surface area (Å²) in [4.78, 5) is 13.9. The molecular formula is C14H19ClF2N2O. The molecule has 0 bridgehead atoms. The molecule has 0 saturated carbocycles. The van der Waals surface area contributed by atoms with E-state index in [2.05, 4.69) is 0 Å². The van der Waals surface area contributed by atoms with Crippen LogP contribution in [0.5, 0.6) is 0 Å². The molecule has 0 spiro atoms. The van der Waals surface area contributed by atoms with Gasteiger partial charge in [-0.05, 0) is 24.0 Å². The molecule has 0 aliphatic carbocycles. The number of benzene rings is 1. The van der Waals surface area contributed by atoms with Crippen molar-refractivity contribution in [2.24, 2.45) is 11.1 Å². The molecule has 1 saturated heterocycles. The molecular weight excluding hydrogens is 286 g/mol. The normalized spacial score (nSPS) is 21.2. The summed E-state index contributed by atoms with van der Waals surface area (Å²) in [6, 6.07) is 2.91. The average Bonchev–Trinajstić information content (AvgIpc) is 2.30. The summed E-state index contributed by atoms with van der Waals surface area (Å²) in [6.07, 6.45) is 0.691. The number of piperidine rings is 1. The van der Waals surface area contributed by atoms with Gasteiger partial charge >= 0.3 is 0 Å². The molecule has 1 unspecified atom stereocenters. The molecule has 1 amide bonds. The van der Waals surface area contributed by atoms with Crippen LogP contribution >= 0.6 is 12.4 Å². The van der Waals surface area contributed by atoms with E-state index in [4.69, 9.17) is 5.73 Å². The summed E-state index contributed by atoms with van der Waals surface area (Å²) in [5, 5.41) is 0. The third-order valence-electron chi connectivity index (χ3n) is 3.71. The van der Waals surface area contributed by atoms with Crippen LogP contribution in [0.25, 0.3) is 0 Å². The zero-order valence-electron chi connectivity index (χ0n) is 11.5. The Hall–Kier alpha value is -1.20. The molecule has 1 aliphatic heterocycles. The van der Waals surface area contributed by atoms with Crippen molar-refractivity contribution in [1.82, 2.24) is 4.90 Å². The predicted molar refractivity (Wildman–Crippen MR) is 75.9 cm³/mol. The van der Waals surface area contributed by atoms with Crippen molar-refractivity contribution in [2.75, 3.05) is 13.1 Å². The number of hydrogen-bond acceptors (Lipinski definition) is 2. The van der Waals surface area contributed by atoms with Crippen molar-refractivity contribution in [2.45, 2.75) is 26.3 Å². The highest BCUT2D eigenvalue weighted by molar-refractivity contribution is 5.94. The van der Waals surface area contributed by atoms with E-state index in [0.29, 0.717) is 19.5 Å². The number of rotatable bonds is 1. The van der Waals surface area contributed by atoms with E-state index in [0.717, 1.165) is 18.2 Å². The van der Waals surface area contributed by atoms with E-state index in [1.165, 1.54) is 0 Å². The Bertz CT molecular complexity index is 488. The molecule has 2 N–H and O–H groups in total. The summed E-state index contributed by atoms with van der Waals surface area (Å²) < 4.78 is 26.3. The van der Waals surface area contributed by atoms with Gasteiger partial charge in [-0.2, -0.15) is 0 Å².